The summed E-state index contributed by atoms with van der Waals surface area (Å²) >= 11 is 2.71. The van der Waals surface area contributed by atoms with Crippen molar-refractivity contribution in [1.82, 2.24) is 14.4 Å². The minimum Gasteiger partial charge on any atom is -0.454 e. The number of carbonyl (C=O) groups is 1. The maximum Gasteiger partial charge on any atom is 0.358 e. The molecule has 0 saturated heterocycles. The molecular formula is C19H16N4O3S2. The van der Waals surface area contributed by atoms with Crippen LogP contribution in [0.3, 0.4) is 0 Å². The van der Waals surface area contributed by atoms with Gasteiger partial charge in [0.2, 0.25) is 0 Å². The average Bonchev–Trinajstić information content (AvgIpc) is 3.32. The number of nitrogens with one attached hydrogen (secondary N) is 1. The summed E-state index contributed by atoms with van der Waals surface area (Å²) in [6.45, 7) is 2.39. The van der Waals surface area contributed by atoms with Gasteiger partial charge in [-0.25, -0.2) is 14.8 Å². The number of nitrogens with zero attached hydrogens (tertiary/aromatic N) is 3. The van der Waals surface area contributed by atoms with Crippen molar-refractivity contribution in [2.75, 3.05) is 5.32 Å². The van der Waals surface area contributed by atoms with E-state index in [0.29, 0.717) is 22.3 Å². The van der Waals surface area contributed by atoms with Gasteiger partial charge in [0.15, 0.2) is 15.8 Å². The van der Waals surface area contributed by atoms with E-state index < -0.39 is 5.97 Å². The summed E-state index contributed by atoms with van der Waals surface area (Å²) in [5.41, 5.74) is 2.41. The van der Waals surface area contributed by atoms with E-state index in [1.165, 1.54) is 33.1 Å². The molecule has 0 saturated carbocycles. The number of rotatable bonds is 6. The molecule has 0 bridgehead atoms. The zero-order valence-corrected chi connectivity index (χ0v) is 16.5. The van der Waals surface area contributed by atoms with Gasteiger partial charge in [0.1, 0.15) is 6.61 Å². The summed E-state index contributed by atoms with van der Waals surface area (Å²) in [5.74, 6) is -0.548. The monoisotopic (exact) mass is 412 g/mol. The number of aromatic nitrogens is 3. The van der Waals surface area contributed by atoms with Gasteiger partial charge in [-0.05, 0) is 12.5 Å². The molecule has 0 spiro atoms. The Hall–Kier alpha value is -3.04. The van der Waals surface area contributed by atoms with Crippen LogP contribution < -0.4 is 10.9 Å². The Morgan fingerprint density at radius 3 is 2.82 bits per heavy atom. The van der Waals surface area contributed by atoms with Gasteiger partial charge in [0.25, 0.3) is 5.56 Å². The van der Waals surface area contributed by atoms with Gasteiger partial charge in [-0.2, -0.15) is 0 Å². The van der Waals surface area contributed by atoms with Gasteiger partial charge in [0.05, 0.1) is 5.69 Å². The molecule has 142 valence electrons. The van der Waals surface area contributed by atoms with E-state index in [-0.39, 0.29) is 17.9 Å². The highest BCUT2D eigenvalue weighted by Gasteiger charge is 2.14. The van der Waals surface area contributed by atoms with Crippen molar-refractivity contribution >= 4 is 38.7 Å². The van der Waals surface area contributed by atoms with Gasteiger partial charge in [-0.15, -0.1) is 22.7 Å². The summed E-state index contributed by atoms with van der Waals surface area (Å²) in [7, 11) is 0. The van der Waals surface area contributed by atoms with Gasteiger partial charge in [-0.1, -0.05) is 30.3 Å². The molecule has 0 radical (unpaired) electrons. The Kier molecular flexibility index (Phi) is 5.18. The maximum atomic E-state index is 12.2. The summed E-state index contributed by atoms with van der Waals surface area (Å²) < 4.78 is 6.80. The van der Waals surface area contributed by atoms with Gasteiger partial charge >= 0.3 is 5.97 Å². The van der Waals surface area contributed by atoms with Crippen molar-refractivity contribution in [1.29, 1.82) is 0 Å². The Morgan fingerprint density at radius 1 is 1.18 bits per heavy atom. The molecule has 1 N–H and O–H groups in total. The zero-order valence-electron chi connectivity index (χ0n) is 14.9. The molecular weight excluding hydrogens is 396 g/mol. The Bertz CT molecular complexity index is 1180. The smallest absolute Gasteiger partial charge is 0.358 e. The second kappa shape index (κ2) is 7.91. The SMILES string of the molecule is Cc1csc2nc(COC(=O)c3csc(NCc4ccccc4)n3)cc(=O)n12. The van der Waals surface area contributed by atoms with E-state index in [2.05, 4.69) is 15.3 Å². The molecule has 4 aromatic rings. The van der Waals surface area contributed by atoms with Gasteiger partial charge < -0.3 is 10.1 Å². The van der Waals surface area contributed by atoms with E-state index in [1.807, 2.05) is 42.6 Å². The number of thiazole rings is 2. The molecule has 0 aliphatic rings. The Labute approximate surface area is 168 Å². The molecule has 0 amide bonds. The van der Waals surface area contributed by atoms with Crippen LogP contribution in [0.5, 0.6) is 0 Å². The lowest BCUT2D eigenvalue weighted by Crippen LogP contribution is -2.16. The zero-order chi connectivity index (χ0) is 19.5. The third-order valence-corrected chi connectivity index (χ3v) is 5.72. The highest BCUT2D eigenvalue weighted by molar-refractivity contribution is 7.15. The number of anilines is 1. The van der Waals surface area contributed by atoms with Crippen molar-refractivity contribution < 1.29 is 9.53 Å². The van der Waals surface area contributed by atoms with E-state index >= 15 is 0 Å². The average molecular weight is 412 g/mol. The number of aryl methyl sites for hydroxylation is 1. The van der Waals surface area contributed by atoms with Crippen molar-refractivity contribution in [2.24, 2.45) is 0 Å². The first-order valence-corrected chi connectivity index (χ1v) is 10.2. The maximum absolute atomic E-state index is 12.2. The Balaban J connectivity index is 1.38. The molecule has 1 aromatic carbocycles. The van der Waals surface area contributed by atoms with Crippen LogP contribution in [0, 0.1) is 6.92 Å². The van der Waals surface area contributed by atoms with Crippen LogP contribution in [-0.2, 0) is 17.9 Å². The highest BCUT2D eigenvalue weighted by atomic mass is 32.1. The lowest BCUT2D eigenvalue weighted by Gasteiger charge is -2.04. The molecule has 0 fully saturated rings. The van der Waals surface area contributed by atoms with Crippen LogP contribution in [0.25, 0.3) is 4.96 Å². The van der Waals surface area contributed by atoms with E-state index in [1.54, 1.807) is 5.38 Å². The van der Waals surface area contributed by atoms with Crippen LogP contribution in [0.1, 0.15) is 27.4 Å². The fourth-order valence-corrected chi connectivity index (χ4v) is 4.18. The fourth-order valence-electron chi connectivity index (χ4n) is 2.61. The van der Waals surface area contributed by atoms with Crippen LogP contribution in [-0.4, -0.2) is 20.3 Å². The van der Waals surface area contributed by atoms with E-state index in [4.69, 9.17) is 4.74 Å². The van der Waals surface area contributed by atoms with Crippen LogP contribution in [0.4, 0.5) is 5.13 Å². The second-order valence-corrected chi connectivity index (χ2v) is 7.73. The lowest BCUT2D eigenvalue weighted by molar-refractivity contribution is 0.0462. The first kappa shape index (κ1) is 18.3. The number of hydrogen-bond acceptors (Lipinski definition) is 8. The minimum absolute atomic E-state index is 0.0776. The second-order valence-electron chi connectivity index (χ2n) is 6.03. The minimum atomic E-state index is -0.548. The number of esters is 1. The van der Waals surface area contributed by atoms with Crippen molar-refractivity contribution in [3.63, 3.8) is 0 Å². The van der Waals surface area contributed by atoms with Gasteiger partial charge in [0, 0.05) is 29.1 Å². The van der Waals surface area contributed by atoms with Crippen molar-refractivity contribution in [3.05, 3.63) is 80.2 Å². The van der Waals surface area contributed by atoms with Gasteiger partial charge in [-0.3, -0.25) is 9.20 Å². The molecule has 28 heavy (non-hydrogen) atoms. The van der Waals surface area contributed by atoms with Crippen molar-refractivity contribution in [2.45, 2.75) is 20.1 Å². The molecule has 4 rings (SSSR count). The number of benzene rings is 1. The third-order valence-electron chi connectivity index (χ3n) is 3.98. The standard InChI is InChI=1S/C19H16N4O3S2/c1-12-10-28-19-21-14(7-16(24)23(12)19)9-26-17(25)15-11-27-18(22-15)20-8-13-5-3-2-4-6-13/h2-7,10-11H,8-9H2,1H3,(H,20,22). The van der Waals surface area contributed by atoms with Crippen LogP contribution >= 0.6 is 22.7 Å². The molecule has 0 aliphatic heterocycles. The lowest BCUT2D eigenvalue weighted by atomic mass is 10.2. The molecule has 3 aromatic heterocycles. The number of fused-ring (bicyclic) bond motifs is 1. The number of carbonyl (C=O) groups excluding carboxylic acids is 1. The molecule has 0 unspecified atom stereocenters. The predicted molar refractivity (Wildman–Crippen MR) is 109 cm³/mol. The Morgan fingerprint density at radius 2 is 2.00 bits per heavy atom. The summed E-state index contributed by atoms with van der Waals surface area (Å²) in [6.07, 6.45) is 0. The van der Waals surface area contributed by atoms with Crippen molar-refractivity contribution in [3.8, 4) is 0 Å². The normalized spacial score (nSPS) is 10.9. The fraction of sp³-hybridized carbons (Fsp3) is 0.158. The number of ether oxygens (including phenoxy) is 1. The molecule has 3 heterocycles. The topological polar surface area (TPSA) is 85.6 Å². The first-order chi connectivity index (χ1) is 13.6. The quantitative estimate of drug-likeness (QED) is 0.488. The van der Waals surface area contributed by atoms with Crippen LogP contribution in [0.2, 0.25) is 0 Å². The summed E-state index contributed by atoms with van der Waals surface area (Å²) in [6, 6.07) is 11.3. The molecule has 7 nitrogen and oxygen atoms in total. The third kappa shape index (κ3) is 3.95. The molecule has 0 atom stereocenters. The number of hydrogen-bond donors (Lipinski definition) is 1. The predicted octanol–water partition coefficient (Wildman–Crippen LogP) is 3.49. The summed E-state index contributed by atoms with van der Waals surface area (Å²) in [5, 5.41) is 7.33. The molecule has 0 aliphatic carbocycles. The first-order valence-electron chi connectivity index (χ1n) is 8.47. The highest BCUT2D eigenvalue weighted by Crippen LogP contribution is 2.18. The summed E-state index contributed by atoms with van der Waals surface area (Å²) in [4.78, 5) is 33.6. The largest absolute Gasteiger partial charge is 0.454 e. The van der Waals surface area contributed by atoms with Crippen LogP contribution in [0.15, 0.2) is 52.0 Å². The van der Waals surface area contributed by atoms with E-state index in [0.717, 1.165) is 11.3 Å². The van der Waals surface area contributed by atoms with E-state index in [9.17, 15) is 9.59 Å². The molecule has 9 heteroatoms.